The van der Waals surface area contributed by atoms with Crippen LogP contribution in [0.1, 0.15) is 40.0 Å². The molecule has 0 saturated heterocycles. The van der Waals surface area contributed by atoms with Crippen LogP contribution in [0.25, 0.3) is 0 Å². The Labute approximate surface area is 70.7 Å². The summed E-state index contributed by atoms with van der Waals surface area (Å²) >= 11 is 0. The molecule has 0 aromatic carbocycles. The average Bonchev–Trinajstić information content (AvgIpc) is 1.87. The molecule has 1 nitrogen and oxygen atoms in total. The minimum Gasteiger partial charge on any atom is -0.330 e. The van der Waals surface area contributed by atoms with E-state index in [4.69, 9.17) is 5.73 Å². The molecule has 0 fully saturated rings. The third-order valence-corrected chi connectivity index (χ3v) is 1.87. The first kappa shape index (κ1) is 10.7. The Bertz CT molecular complexity index is 112. The molecule has 0 rings (SSSR count). The molecule has 0 bridgehead atoms. The Morgan fingerprint density at radius 3 is 2.45 bits per heavy atom. The average molecular weight is 155 g/mol. The van der Waals surface area contributed by atoms with Gasteiger partial charge in [-0.15, -0.1) is 0 Å². The van der Waals surface area contributed by atoms with E-state index in [-0.39, 0.29) is 0 Å². The molecule has 0 heterocycles. The molecule has 1 atom stereocenters. The standard InChI is InChI=1S/C10H21N/c1-9(2)5-4-6-10(3)7-8-11/h5,10H,4,6-8,11H2,1-3H3/t10-/m1/s1. The van der Waals surface area contributed by atoms with Crippen molar-refractivity contribution in [3.8, 4) is 0 Å². The Morgan fingerprint density at radius 1 is 1.36 bits per heavy atom. The van der Waals surface area contributed by atoms with Gasteiger partial charge in [-0.25, -0.2) is 0 Å². The fourth-order valence-electron chi connectivity index (χ4n) is 1.09. The van der Waals surface area contributed by atoms with Gasteiger partial charge in [0.05, 0.1) is 0 Å². The van der Waals surface area contributed by atoms with Gasteiger partial charge >= 0.3 is 0 Å². The Morgan fingerprint density at radius 2 is 2.00 bits per heavy atom. The van der Waals surface area contributed by atoms with Gasteiger partial charge in [0, 0.05) is 0 Å². The molecule has 0 saturated carbocycles. The first-order valence-electron chi connectivity index (χ1n) is 4.50. The summed E-state index contributed by atoms with van der Waals surface area (Å²) < 4.78 is 0. The molecule has 11 heavy (non-hydrogen) atoms. The fraction of sp³-hybridized carbons (Fsp3) is 0.800. The molecular formula is C10H21N. The molecule has 0 aliphatic carbocycles. The second-order valence-corrected chi connectivity index (χ2v) is 3.54. The monoisotopic (exact) mass is 155 g/mol. The van der Waals surface area contributed by atoms with Crippen LogP contribution >= 0.6 is 0 Å². The lowest BCUT2D eigenvalue weighted by molar-refractivity contribution is 0.504. The molecule has 0 aliphatic rings. The zero-order valence-corrected chi connectivity index (χ0v) is 8.06. The third kappa shape index (κ3) is 7.60. The normalized spacial score (nSPS) is 12.7. The topological polar surface area (TPSA) is 26.0 Å². The summed E-state index contributed by atoms with van der Waals surface area (Å²) in [5.74, 6) is 0.788. The largest absolute Gasteiger partial charge is 0.330 e. The van der Waals surface area contributed by atoms with Gasteiger partial charge in [0.1, 0.15) is 0 Å². The number of allylic oxidation sites excluding steroid dienone is 2. The quantitative estimate of drug-likeness (QED) is 0.607. The minimum absolute atomic E-state index is 0.788. The van der Waals surface area contributed by atoms with Crippen molar-refractivity contribution in [1.29, 1.82) is 0 Å². The third-order valence-electron chi connectivity index (χ3n) is 1.87. The summed E-state index contributed by atoms with van der Waals surface area (Å²) in [4.78, 5) is 0. The number of hydrogen-bond donors (Lipinski definition) is 1. The zero-order valence-electron chi connectivity index (χ0n) is 8.06. The van der Waals surface area contributed by atoms with Crippen LogP contribution in [0.2, 0.25) is 0 Å². The van der Waals surface area contributed by atoms with Crippen molar-refractivity contribution in [3.05, 3.63) is 11.6 Å². The SMILES string of the molecule is CC(C)=CCC[C@@H](C)CCN. The van der Waals surface area contributed by atoms with E-state index < -0.39 is 0 Å². The van der Waals surface area contributed by atoms with Crippen molar-refractivity contribution in [1.82, 2.24) is 0 Å². The predicted octanol–water partition coefficient (Wildman–Crippen LogP) is 2.72. The van der Waals surface area contributed by atoms with E-state index in [9.17, 15) is 0 Å². The zero-order chi connectivity index (χ0) is 8.69. The summed E-state index contributed by atoms with van der Waals surface area (Å²) in [5, 5.41) is 0. The van der Waals surface area contributed by atoms with Crippen LogP contribution in [-0.2, 0) is 0 Å². The predicted molar refractivity (Wildman–Crippen MR) is 51.5 cm³/mol. The summed E-state index contributed by atoms with van der Waals surface area (Å²) in [6.07, 6.45) is 5.95. The lowest BCUT2D eigenvalue weighted by atomic mass is 10.0. The van der Waals surface area contributed by atoms with Crippen LogP contribution in [0.4, 0.5) is 0 Å². The number of nitrogens with two attached hydrogens (primary N) is 1. The van der Waals surface area contributed by atoms with Crippen LogP contribution in [0.3, 0.4) is 0 Å². The number of hydrogen-bond acceptors (Lipinski definition) is 1. The van der Waals surface area contributed by atoms with Gasteiger partial charge < -0.3 is 5.73 Å². The highest BCUT2D eigenvalue weighted by molar-refractivity contribution is 4.92. The second kappa shape index (κ2) is 6.41. The Hall–Kier alpha value is -0.300. The van der Waals surface area contributed by atoms with E-state index in [1.165, 1.54) is 18.4 Å². The molecule has 2 N–H and O–H groups in total. The molecule has 0 unspecified atom stereocenters. The van der Waals surface area contributed by atoms with Crippen molar-refractivity contribution < 1.29 is 0 Å². The van der Waals surface area contributed by atoms with Crippen molar-refractivity contribution >= 4 is 0 Å². The molecular weight excluding hydrogens is 134 g/mol. The maximum atomic E-state index is 5.45. The maximum absolute atomic E-state index is 5.45. The summed E-state index contributed by atoms with van der Waals surface area (Å²) in [5.41, 5.74) is 6.87. The smallest absolute Gasteiger partial charge is 0.00747 e. The van der Waals surface area contributed by atoms with Crippen LogP contribution in [0.5, 0.6) is 0 Å². The van der Waals surface area contributed by atoms with E-state index in [1.54, 1.807) is 0 Å². The van der Waals surface area contributed by atoms with Crippen LogP contribution in [-0.4, -0.2) is 6.54 Å². The van der Waals surface area contributed by atoms with Crippen LogP contribution < -0.4 is 5.73 Å². The fourth-order valence-corrected chi connectivity index (χ4v) is 1.09. The van der Waals surface area contributed by atoms with Gasteiger partial charge in [-0.05, 0) is 45.6 Å². The van der Waals surface area contributed by atoms with E-state index in [0.717, 1.165) is 18.9 Å². The van der Waals surface area contributed by atoms with Crippen molar-refractivity contribution in [3.63, 3.8) is 0 Å². The number of rotatable bonds is 5. The van der Waals surface area contributed by atoms with Gasteiger partial charge in [0.2, 0.25) is 0 Å². The van der Waals surface area contributed by atoms with Crippen LogP contribution in [0.15, 0.2) is 11.6 Å². The van der Waals surface area contributed by atoms with Crippen molar-refractivity contribution in [2.45, 2.75) is 40.0 Å². The molecule has 0 spiro atoms. The van der Waals surface area contributed by atoms with E-state index >= 15 is 0 Å². The summed E-state index contributed by atoms with van der Waals surface area (Å²) in [7, 11) is 0. The van der Waals surface area contributed by atoms with E-state index in [1.807, 2.05) is 0 Å². The van der Waals surface area contributed by atoms with Gasteiger partial charge in [-0.1, -0.05) is 18.6 Å². The highest BCUT2D eigenvalue weighted by atomic mass is 14.5. The maximum Gasteiger partial charge on any atom is -0.00747 e. The molecule has 1 heteroatoms. The summed E-state index contributed by atoms with van der Waals surface area (Å²) in [6.45, 7) is 7.39. The van der Waals surface area contributed by atoms with Gasteiger partial charge in [0.25, 0.3) is 0 Å². The minimum atomic E-state index is 0.788. The molecule has 0 aromatic heterocycles. The molecule has 0 aromatic rings. The first-order valence-corrected chi connectivity index (χ1v) is 4.50. The lowest BCUT2D eigenvalue weighted by Gasteiger charge is -2.06. The summed E-state index contributed by atoms with van der Waals surface area (Å²) in [6, 6.07) is 0. The first-order chi connectivity index (χ1) is 5.16. The lowest BCUT2D eigenvalue weighted by Crippen LogP contribution is -2.05. The molecule has 0 radical (unpaired) electrons. The molecule has 0 amide bonds. The second-order valence-electron chi connectivity index (χ2n) is 3.54. The molecule has 0 aliphatic heterocycles. The van der Waals surface area contributed by atoms with Crippen molar-refractivity contribution in [2.75, 3.05) is 6.54 Å². The van der Waals surface area contributed by atoms with Gasteiger partial charge in [-0.2, -0.15) is 0 Å². The Balaban J connectivity index is 3.31. The Kier molecular flexibility index (Phi) is 6.24. The van der Waals surface area contributed by atoms with Crippen molar-refractivity contribution in [2.24, 2.45) is 11.7 Å². The van der Waals surface area contributed by atoms with Gasteiger partial charge in [0.15, 0.2) is 0 Å². The van der Waals surface area contributed by atoms with E-state index in [2.05, 4.69) is 26.8 Å². The molecule has 66 valence electrons. The van der Waals surface area contributed by atoms with Gasteiger partial charge in [-0.3, -0.25) is 0 Å². The highest BCUT2D eigenvalue weighted by Gasteiger charge is 1.97. The van der Waals surface area contributed by atoms with E-state index in [0.29, 0.717) is 0 Å². The van der Waals surface area contributed by atoms with Crippen LogP contribution in [0, 0.1) is 5.92 Å². The highest BCUT2D eigenvalue weighted by Crippen LogP contribution is 2.10.